The number of aliphatic hydroxyl groups excluding tert-OH is 1. The Bertz CT molecular complexity index is 846. The first-order valence-corrected chi connectivity index (χ1v) is 11.6. The molecular formula is C21H29N4O3S2. The lowest BCUT2D eigenvalue weighted by atomic mass is 9.56. The third-order valence-electron chi connectivity index (χ3n) is 5.95. The predicted molar refractivity (Wildman–Crippen MR) is 122 cm³/mol. The van der Waals surface area contributed by atoms with Crippen LogP contribution in [0, 0.1) is 11.3 Å². The number of carbonyl (C=O) groups is 1. The van der Waals surface area contributed by atoms with E-state index >= 15 is 0 Å². The van der Waals surface area contributed by atoms with Crippen molar-refractivity contribution < 1.29 is 15.0 Å². The zero-order valence-corrected chi connectivity index (χ0v) is 19.3. The molecule has 0 saturated carbocycles. The number of hydrogen-bond acceptors (Lipinski definition) is 5. The Morgan fingerprint density at radius 2 is 1.83 bits per heavy atom. The summed E-state index contributed by atoms with van der Waals surface area (Å²) in [5, 5.41) is 34.7. The van der Waals surface area contributed by atoms with Gasteiger partial charge in [0.15, 0.2) is 0 Å². The van der Waals surface area contributed by atoms with Crippen LogP contribution in [0.3, 0.4) is 0 Å². The van der Waals surface area contributed by atoms with Crippen LogP contribution < -0.4 is 5.32 Å². The van der Waals surface area contributed by atoms with E-state index < -0.39 is 23.0 Å². The van der Waals surface area contributed by atoms with Crippen molar-refractivity contribution in [2.24, 2.45) is 10.5 Å². The van der Waals surface area contributed by atoms with Gasteiger partial charge in [-0.2, -0.15) is 22.7 Å². The molecule has 163 valence electrons. The average Bonchev–Trinajstić information content (AvgIpc) is 3.38. The van der Waals surface area contributed by atoms with E-state index in [1.165, 1.54) is 11.3 Å². The average molecular weight is 450 g/mol. The van der Waals surface area contributed by atoms with Crippen LogP contribution in [0.2, 0.25) is 0 Å². The van der Waals surface area contributed by atoms with Gasteiger partial charge in [-0.05, 0) is 74.0 Å². The van der Waals surface area contributed by atoms with Crippen molar-refractivity contribution in [3.63, 3.8) is 0 Å². The summed E-state index contributed by atoms with van der Waals surface area (Å²) in [6, 6.07) is 3.94. The van der Waals surface area contributed by atoms with Crippen LogP contribution in [0.5, 0.6) is 0 Å². The van der Waals surface area contributed by atoms with Crippen molar-refractivity contribution in [2.75, 3.05) is 13.2 Å². The highest BCUT2D eigenvalue weighted by Gasteiger charge is 2.55. The summed E-state index contributed by atoms with van der Waals surface area (Å²) in [5.74, 6) is 0.341. The van der Waals surface area contributed by atoms with Gasteiger partial charge in [0.05, 0.1) is 12.1 Å². The van der Waals surface area contributed by atoms with E-state index in [9.17, 15) is 15.0 Å². The van der Waals surface area contributed by atoms with E-state index in [0.717, 1.165) is 17.0 Å². The highest BCUT2D eigenvalue weighted by Crippen LogP contribution is 2.52. The minimum absolute atomic E-state index is 0.0710. The monoisotopic (exact) mass is 449 g/mol. The molecule has 1 amide bonds. The Kier molecular flexibility index (Phi) is 8.32. The maximum atomic E-state index is 12.0. The molecule has 0 aliphatic rings. The Morgan fingerprint density at radius 3 is 2.27 bits per heavy atom. The highest BCUT2D eigenvalue weighted by atomic mass is 32.1. The van der Waals surface area contributed by atoms with Crippen LogP contribution in [-0.4, -0.2) is 35.0 Å². The second-order valence-electron chi connectivity index (χ2n) is 8.29. The number of azide groups is 1. The zero-order valence-electron chi connectivity index (χ0n) is 17.7. The molecule has 0 aliphatic heterocycles. The van der Waals surface area contributed by atoms with Crippen LogP contribution in [0.1, 0.15) is 57.1 Å². The largest absolute Gasteiger partial charge is 0.465 e. The van der Waals surface area contributed by atoms with Crippen LogP contribution >= 0.6 is 22.7 Å². The molecule has 0 saturated heterocycles. The Balaban J connectivity index is 2.58. The summed E-state index contributed by atoms with van der Waals surface area (Å²) in [4.78, 5) is 14.9. The molecule has 0 aliphatic carbocycles. The molecule has 0 spiro atoms. The fourth-order valence-corrected chi connectivity index (χ4v) is 6.18. The fraction of sp³-hybridized carbons (Fsp3) is 0.524. The van der Waals surface area contributed by atoms with Gasteiger partial charge in [-0.1, -0.05) is 32.8 Å². The number of hydrogen-bond donors (Lipinski definition) is 3. The van der Waals surface area contributed by atoms with E-state index in [1.54, 1.807) is 11.3 Å². The highest BCUT2D eigenvalue weighted by molar-refractivity contribution is 7.08. The maximum absolute atomic E-state index is 12.0. The second-order valence-corrected chi connectivity index (χ2v) is 9.85. The molecule has 1 unspecified atom stereocenters. The summed E-state index contributed by atoms with van der Waals surface area (Å²) in [7, 11) is 0. The van der Waals surface area contributed by atoms with Gasteiger partial charge in [-0.15, -0.1) is 0 Å². The predicted octanol–water partition coefficient (Wildman–Crippen LogP) is 6.02. The molecule has 2 aromatic rings. The van der Waals surface area contributed by atoms with Crippen LogP contribution in [0.25, 0.3) is 10.4 Å². The molecule has 3 atom stereocenters. The Morgan fingerprint density at radius 1 is 1.23 bits per heavy atom. The molecule has 3 N–H and O–H groups in total. The number of rotatable bonds is 11. The molecule has 0 fully saturated rings. The van der Waals surface area contributed by atoms with E-state index in [1.807, 2.05) is 61.3 Å². The first-order valence-electron chi connectivity index (χ1n) is 9.67. The molecule has 2 aromatic heterocycles. The number of nitrogens with zero attached hydrogens (tertiary/aromatic N) is 3. The van der Waals surface area contributed by atoms with Gasteiger partial charge in [0.25, 0.3) is 0 Å². The van der Waals surface area contributed by atoms with Gasteiger partial charge in [-0.3, -0.25) is 0 Å². The third-order valence-corrected chi connectivity index (χ3v) is 7.35. The quantitative estimate of drug-likeness (QED) is 0.221. The molecule has 1 radical (unpaired) electrons. The van der Waals surface area contributed by atoms with Crippen molar-refractivity contribution in [3.05, 3.63) is 61.1 Å². The molecule has 0 bridgehead atoms. The number of nitrogens with one attached hydrogen (secondary N) is 1. The van der Waals surface area contributed by atoms with Crippen LogP contribution in [-0.2, 0) is 0 Å². The first kappa shape index (κ1) is 24.2. The summed E-state index contributed by atoms with van der Waals surface area (Å²) in [5.41, 5.74) is 9.18. The second kappa shape index (κ2) is 10.3. The lowest BCUT2D eigenvalue weighted by molar-refractivity contribution is 0.0568. The minimum Gasteiger partial charge on any atom is -0.465 e. The Labute approximate surface area is 185 Å². The van der Waals surface area contributed by atoms with E-state index in [0.29, 0.717) is 6.42 Å². The zero-order chi connectivity index (χ0) is 22.4. The van der Waals surface area contributed by atoms with Crippen molar-refractivity contribution >= 4 is 28.8 Å². The lowest BCUT2D eigenvalue weighted by Gasteiger charge is -2.54. The van der Waals surface area contributed by atoms with Crippen molar-refractivity contribution in [2.45, 2.75) is 51.5 Å². The molecule has 30 heavy (non-hydrogen) atoms. The smallest absolute Gasteiger partial charge is 0.405 e. The van der Waals surface area contributed by atoms with Gasteiger partial charge >= 0.3 is 6.09 Å². The minimum atomic E-state index is -1.14. The fourth-order valence-electron chi connectivity index (χ4n) is 4.72. The normalized spacial score (nSPS) is 15.8. The molecule has 0 aromatic carbocycles. The number of carboxylic acid groups (broad SMARTS) is 1. The number of amides is 1. The molecular weight excluding hydrogens is 420 g/mol. The first-order chi connectivity index (χ1) is 14.2. The summed E-state index contributed by atoms with van der Waals surface area (Å²) >= 11 is 3.09. The van der Waals surface area contributed by atoms with E-state index in [4.69, 9.17) is 5.53 Å². The van der Waals surface area contributed by atoms with Crippen LogP contribution in [0.15, 0.2) is 38.8 Å². The van der Waals surface area contributed by atoms with Crippen molar-refractivity contribution in [1.82, 2.24) is 5.32 Å². The number of aliphatic hydroxyl groups is 1. The van der Waals surface area contributed by atoms with Gasteiger partial charge in [0.1, 0.15) is 0 Å². The van der Waals surface area contributed by atoms with Gasteiger partial charge in [0, 0.05) is 17.4 Å². The summed E-state index contributed by atoms with van der Waals surface area (Å²) in [6.07, 6.45) is -0.574. The molecule has 7 nitrogen and oxygen atoms in total. The maximum Gasteiger partial charge on any atom is 0.405 e. The van der Waals surface area contributed by atoms with Gasteiger partial charge < -0.3 is 15.5 Å². The summed E-state index contributed by atoms with van der Waals surface area (Å²) in [6.45, 7) is 7.91. The van der Waals surface area contributed by atoms with Crippen molar-refractivity contribution in [1.29, 1.82) is 0 Å². The Hall–Kier alpha value is -2.06. The van der Waals surface area contributed by atoms with E-state index in [2.05, 4.69) is 15.3 Å². The van der Waals surface area contributed by atoms with Crippen molar-refractivity contribution in [3.8, 4) is 0 Å². The van der Waals surface area contributed by atoms with Gasteiger partial charge in [0.2, 0.25) is 0 Å². The number of thiophene rings is 2. The SMILES string of the molecule is C[C](C)C(NC(=O)O)([C@@H](CO)c1ccsc1)C(C)(C)C[C@H](CN=[N+]=[N-])c1ccsc1. The lowest BCUT2D eigenvalue weighted by Crippen LogP contribution is -2.65. The van der Waals surface area contributed by atoms with Crippen LogP contribution in [0.4, 0.5) is 4.79 Å². The topological polar surface area (TPSA) is 118 Å². The molecule has 9 heteroatoms. The molecule has 2 rings (SSSR count). The molecule has 2 heterocycles. The third kappa shape index (κ3) is 4.98. The standard InChI is InChI=1S/C21H29N4O3S2/c1-14(2)21(24-19(27)28,18(11-26)16-6-8-30-13-16)20(3,4)9-17(10-23-25-22)15-5-7-29-12-15/h5-8,12-13,17-18,24,26H,9-11H2,1-4H3,(H,27,28)/t17-,18+,21?/m1/s1. The summed E-state index contributed by atoms with van der Waals surface area (Å²) < 4.78 is 0. The van der Waals surface area contributed by atoms with E-state index in [-0.39, 0.29) is 19.1 Å². The van der Waals surface area contributed by atoms with Gasteiger partial charge in [-0.25, -0.2) is 4.79 Å².